The van der Waals surface area contributed by atoms with Crippen LogP contribution in [0.15, 0.2) is 0 Å². The zero-order chi connectivity index (χ0) is 23.8. The minimum atomic E-state index is -0.342. The molecule has 1 atom stereocenters. The van der Waals surface area contributed by atoms with Crippen LogP contribution in [0.3, 0.4) is 0 Å². The molecule has 3 rings (SSSR count). The van der Waals surface area contributed by atoms with Crippen LogP contribution in [0.4, 0.5) is 5.00 Å². The molecule has 0 saturated carbocycles. The maximum atomic E-state index is 12.8. The second-order valence-electron chi connectivity index (χ2n) is 9.08. The number of ether oxygens (including phenoxy) is 1. The van der Waals surface area contributed by atoms with Crippen molar-refractivity contribution in [2.24, 2.45) is 5.92 Å². The molecule has 2 heterocycles. The van der Waals surface area contributed by atoms with Crippen molar-refractivity contribution < 1.29 is 19.1 Å². The number of thiophene rings is 1. The lowest BCUT2D eigenvalue weighted by molar-refractivity contribution is -0.123. The maximum Gasteiger partial charge on any atom is 0.341 e. The van der Waals surface area contributed by atoms with Gasteiger partial charge in [-0.25, -0.2) is 4.79 Å². The van der Waals surface area contributed by atoms with Gasteiger partial charge in [-0.05, 0) is 44.1 Å². The zero-order valence-corrected chi connectivity index (χ0v) is 21.0. The third kappa shape index (κ3) is 7.25. The summed E-state index contributed by atoms with van der Waals surface area (Å²) >= 11 is 1.52. The van der Waals surface area contributed by atoms with Gasteiger partial charge in [-0.15, -0.1) is 11.3 Å². The van der Waals surface area contributed by atoms with Crippen LogP contribution in [0.1, 0.15) is 60.8 Å². The van der Waals surface area contributed by atoms with Crippen LogP contribution in [0, 0.1) is 5.92 Å². The average molecular weight is 479 g/mol. The molecule has 1 aromatic rings. The fourth-order valence-corrected chi connectivity index (χ4v) is 5.81. The molecular weight excluding hydrogens is 440 g/mol. The number of anilines is 1. The van der Waals surface area contributed by atoms with Crippen LogP contribution in [0.25, 0.3) is 0 Å². The van der Waals surface area contributed by atoms with Gasteiger partial charge in [0.25, 0.3) is 0 Å². The van der Waals surface area contributed by atoms with E-state index in [4.69, 9.17) is 4.74 Å². The fraction of sp³-hybridized carbons (Fsp3) is 0.708. The highest BCUT2D eigenvalue weighted by Gasteiger charge is 2.29. The number of piperazine rings is 1. The van der Waals surface area contributed by atoms with Crippen LogP contribution in [-0.2, 0) is 27.2 Å². The Balaban J connectivity index is 1.52. The van der Waals surface area contributed by atoms with Crippen molar-refractivity contribution >= 4 is 34.1 Å². The molecule has 1 saturated heterocycles. The lowest BCUT2D eigenvalue weighted by atomic mass is 9.88. The summed E-state index contributed by atoms with van der Waals surface area (Å²) in [7, 11) is 0. The molecule has 1 aromatic heterocycles. The fourth-order valence-electron chi connectivity index (χ4n) is 4.40. The Hall–Kier alpha value is -1.97. The van der Waals surface area contributed by atoms with Gasteiger partial charge in [0, 0.05) is 37.6 Å². The minimum Gasteiger partial charge on any atom is -0.462 e. The Morgan fingerprint density at radius 2 is 1.73 bits per heavy atom. The summed E-state index contributed by atoms with van der Waals surface area (Å²) in [4.78, 5) is 42.9. The lowest BCUT2D eigenvalue weighted by Crippen LogP contribution is -2.51. The molecule has 0 spiro atoms. The standard InChI is InChI=1S/C24H38N4O4S/c1-4-6-9-25-20(29)15-27-10-12-28(13-11-27)16-21(30)26-23-22(24(31)32-5-2)18-8-7-17(3)14-19(18)33-23/h17H,4-16H2,1-3H3,(H,25,29)(H,26,30). The lowest BCUT2D eigenvalue weighted by Gasteiger charge is -2.33. The van der Waals surface area contributed by atoms with Gasteiger partial charge in [0.15, 0.2) is 0 Å². The summed E-state index contributed by atoms with van der Waals surface area (Å²) in [6.45, 7) is 10.8. The molecule has 2 aliphatic rings. The topological polar surface area (TPSA) is 91.0 Å². The van der Waals surface area contributed by atoms with Crippen molar-refractivity contribution in [3.63, 3.8) is 0 Å². The Bertz CT molecular complexity index is 833. The van der Waals surface area contributed by atoms with Gasteiger partial charge in [-0.3, -0.25) is 19.4 Å². The van der Waals surface area contributed by atoms with Gasteiger partial charge >= 0.3 is 5.97 Å². The van der Waals surface area contributed by atoms with Crippen molar-refractivity contribution in [3.8, 4) is 0 Å². The molecule has 9 heteroatoms. The molecule has 2 N–H and O–H groups in total. The highest BCUT2D eigenvalue weighted by molar-refractivity contribution is 7.17. The van der Waals surface area contributed by atoms with E-state index in [-0.39, 0.29) is 24.3 Å². The molecule has 8 nitrogen and oxygen atoms in total. The van der Waals surface area contributed by atoms with Gasteiger partial charge < -0.3 is 15.4 Å². The summed E-state index contributed by atoms with van der Waals surface area (Å²) in [6, 6.07) is 0. The van der Waals surface area contributed by atoms with Crippen LogP contribution in [0.2, 0.25) is 0 Å². The second-order valence-corrected chi connectivity index (χ2v) is 10.2. The molecule has 33 heavy (non-hydrogen) atoms. The van der Waals surface area contributed by atoms with Gasteiger partial charge in [-0.1, -0.05) is 20.3 Å². The van der Waals surface area contributed by atoms with E-state index in [2.05, 4.69) is 34.3 Å². The normalized spacial score (nSPS) is 19.1. The summed E-state index contributed by atoms with van der Waals surface area (Å²) in [5.41, 5.74) is 1.61. The average Bonchev–Trinajstić information content (AvgIpc) is 3.12. The first-order valence-electron chi connectivity index (χ1n) is 12.2. The highest BCUT2D eigenvalue weighted by Crippen LogP contribution is 2.40. The van der Waals surface area contributed by atoms with Crippen LogP contribution < -0.4 is 10.6 Å². The molecule has 184 valence electrons. The van der Waals surface area contributed by atoms with Crippen molar-refractivity contribution in [1.29, 1.82) is 0 Å². The van der Waals surface area contributed by atoms with Crippen LogP contribution >= 0.6 is 11.3 Å². The van der Waals surface area contributed by atoms with Gasteiger partial charge in [0.1, 0.15) is 5.00 Å². The number of carbonyl (C=O) groups excluding carboxylic acids is 3. The number of hydrogen-bond donors (Lipinski definition) is 2. The van der Waals surface area contributed by atoms with E-state index in [1.165, 1.54) is 16.2 Å². The van der Waals surface area contributed by atoms with E-state index < -0.39 is 0 Å². The molecule has 2 amide bonds. The number of esters is 1. The number of nitrogens with one attached hydrogen (secondary N) is 2. The largest absolute Gasteiger partial charge is 0.462 e. The van der Waals surface area contributed by atoms with Crippen molar-refractivity contribution in [3.05, 3.63) is 16.0 Å². The van der Waals surface area contributed by atoms with E-state index in [0.717, 1.165) is 70.4 Å². The molecular formula is C24H38N4O4S. The number of carbonyl (C=O) groups is 3. The predicted molar refractivity (Wildman–Crippen MR) is 131 cm³/mol. The van der Waals surface area contributed by atoms with E-state index in [1.54, 1.807) is 6.92 Å². The second kappa shape index (κ2) is 12.5. The first-order valence-corrected chi connectivity index (χ1v) is 13.1. The number of nitrogens with zero attached hydrogens (tertiary/aromatic N) is 2. The number of hydrogen-bond acceptors (Lipinski definition) is 7. The van der Waals surface area contributed by atoms with Gasteiger partial charge in [0.05, 0.1) is 25.3 Å². The summed E-state index contributed by atoms with van der Waals surface area (Å²) < 4.78 is 5.29. The molecule has 0 bridgehead atoms. The Kier molecular flexibility index (Phi) is 9.70. The first kappa shape index (κ1) is 25.6. The van der Waals surface area contributed by atoms with Crippen LogP contribution in [0.5, 0.6) is 0 Å². The summed E-state index contributed by atoms with van der Waals surface area (Å²) in [5.74, 6) is 0.195. The highest BCUT2D eigenvalue weighted by atomic mass is 32.1. The first-order chi connectivity index (χ1) is 15.9. The Labute approximate surface area is 201 Å². The van der Waals surface area contributed by atoms with Crippen LogP contribution in [-0.4, -0.2) is 80.0 Å². The van der Waals surface area contributed by atoms with Gasteiger partial charge in [-0.2, -0.15) is 0 Å². The third-order valence-electron chi connectivity index (χ3n) is 6.30. The quantitative estimate of drug-likeness (QED) is 0.397. The van der Waals surface area contributed by atoms with E-state index in [9.17, 15) is 14.4 Å². The molecule has 1 unspecified atom stereocenters. The van der Waals surface area contributed by atoms with E-state index in [0.29, 0.717) is 29.6 Å². The van der Waals surface area contributed by atoms with Gasteiger partial charge in [0.2, 0.25) is 11.8 Å². The molecule has 1 fully saturated rings. The minimum absolute atomic E-state index is 0.0668. The zero-order valence-electron chi connectivity index (χ0n) is 20.2. The summed E-state index contributed by atoms with van der Waals surface area (Å²) in [5, 5.41) is 6.58. The number of rotatable bonds is 10. The molecule has 0 radical (unpaired) electrons. The van der Waals surface area contributed by atoms with E-state index in [1.807, 2.05) is 0 Å². The SMILES string of the molecule is CCCCNC(=O)CN1CCN(CC(=O)Nc2sc3c(c2C(=O)OCC)CCC(C)C3)CC1. The number of fused-ring (bicyclic) bond motifs is 1. The summed E-state index contributed by atoms with van der Waals surface area (Å²) in [6.07, 6.45) is 4.90. The number of unbranched alkanes of at least 4 members (excludes halogenated alkanes) is 1. The maximum absolute atomic E-state index is 12.8. The monoisotopic (exact) mass is 478 g/mol. The van der Waals surface area contributed by atoms with Crippen molar-refractivity contribution in [2.45, 2.75) is 52.9 Å². The molecule has 1 aliphatic heterocycles. The smallest absolute Gasteiger partial charge is 0.341 e. The van der Waals surface area contributed by atoms with E-state index >= 15 is 0 Å². The number of amides is 2. The Morgan fingerprint density at radius 3 is 2.36 bits per heavy atom. The Morgan fingerprint density at radius 1 is 1.06 bits per heavy atom. The van der Waals surface area contributed by atoms with Crippen molar-refractivity contribution in [1.82, 2.24) is 15.1 Å². The van der Waals surface area contributed by atoms with Crippen molar-refractivity contribution in [2.75, 3.05) is 57.7 Å². The molecule has 1 aliphatic carbocycles. The molecule has 0 aromatic carbocycles. The third-order valence-corrected chi connectivity index (χ3v) is 7.47. The predicted octanol–water partition coefficient (Wildman–Crippen LogP) is 2.52.